The van der Waals surface area contributed by atoms with Crippen molar-refractivity contribution in [1.82, 2.24) is 0 Å². The minimum atomic E-state index is -0.0235. The van der Waals surface area contributed by atoms with Crippen LogP contribution in [0.25, 0.3) is 6.08 Å². The molecule has 0 heterocycles. The zero-order valence-corrected chi connectivity index (χ0v) is 13.8. The van der Waals surface area contributed by atoms with Gasteiger partial charge in [0, 0.05) is 15.7 Å². The molecule has 1 aliphatic rings. The van der Waals surface area contributed by atoms with Crippen LogP contribution >= 0.6 is 15.9 Å². The predicted octanol–water partition coefficient (Wildman–Crippen LogP) is 4.99. The van der Waals surface area contributed by atoms with Crippen molar-refractivity contribution in [1.29, 1.82) is 0 Å². The Balaban J connectivity index is 1.84. The fraction of sp³-hybridized carbons (Fsp3) is 0.158. The Morgan fingerprint density at radius 3 is 2.64 bits per heavy atom. The molecule has 0 spiro atoms. The molecule has 1 N–H and O–H groups in total. The molecular weight excluding hydrogens is 338 g/mol. The Kier molecular flexibility index (Phi) is 4.44. The number of halogens is 1. The SMILES string of the molecule is [CH2]c1ccc(NC(=O)C2=Cc3cc(Br)ccc3CCC2)cc1. The third-order valence-corrected chi connectivity index (χ3v) is 4.33. The van der Waals surface area contributed by atoms with Gasteiger partial charge < -0.3 is 5.32 Å². The maximum Gasteiger partial charge on any atom is 0.251 e. The van der Waals surface area contributed by atoms with Gasteiger partial charge in [-0.15, -0.1) is 0 Å². The minimum Gasteiger partial charge on any atom is -0.322 e. The van der Waals surface area contributed by atoms with E-state index in [2.05, 4.69) is 46.4 Å². The van der Waals surface area contributed by atoms with Crippen molar-refractivity contribution in [3.8, 4) is 0 Å². The van der Waals surface area contributed by atoms with E-state index < -0.39 is 0 Å². The Hall–Kier alpha value is -1.87. The topological polar surface area (TPSA) is 29.1 Å². The quantitative estimate of drug-likeness (QED) is 0.808. The number of nitrogens with one attached hydrogen (secondary N) is 1. The lowest BCUT2D eigenvalue weighted by molar-refractivity contribution is -0.112. The van der Waals surface area contributed by atoms with Crippen molar-refractivity contribution in [2.75, 3.05) is 5.32 Å². The number of amides is 1. The minimum absolute atomic E-state index is 0.0235. The van der Waals surface area contributed by atoms with Crippen LogP contribution in [0.4, 0.5) is 5.69 Å². The highest BCUT2D eigenvalue weighted by Gasteiger charge is 2.15. The summed E-state index contributed by atoms with van der Waals surface area (Å²) in [6.07, 6.45) is 4.81. The summed E-state index contributed by atoms with van der Waals surface area (Å²) >= 11 is 3.50. The summed E-state index contributed by atoms with van der Waals surface area (Å²) in [6.45, 7) is 3.85. The van der Waals surface area contributed by atoms with Crippen LogP contribution in [-0.4, -0.2) is 5.91 Å². The average Bonchev–Trinajstić information content (AvgIpc) is 2.71. The summed E-state index contributed by atoms with van der Waals surface area (Å²) in [6, 6.07) is 13.8. The molecule has 111 valence electrons. The Labute approximate surface area is 139 Å². The Morgan fingerprint density at radius 2 is 1.86 bits per heavy atom. The summed E-state index contributed by atoms with van der Waals surface area (Å²) in [5, 5.41) is 2.97. The van der Waals surface area contributed by atoms with Crippen LogP contribution in [0.3, 0.4) is 0 Å². The largest absolute Gasteiger partial charge is 0.322 e. The van der Waals surface area contributed by atoms with Crippen molar-refractivity contribution in [3.63, 3.8) is 0 Å². The van der Waals surface area contributed by atoms with E-state index in [9.17, 15) is 4.79 Å². The van der Waals surface area contributed by atoms with Gasteiger partial charge in [-0.05, 0) is 73.2 Å². The molecule has 22 heavy (non-hydrogen) atoms. The van der Waals surface area contributed by atoms with E-state index in [1.165, 1.54) is 5.56 Å². The van der Waals surface area contributed by atoms with E-state index in [1.54, 1.807) is 0 Å². The zero-order valence-electron chi connectivity index (χ0n) is 12.2. The first-order valence-electron chi connectivity index (χ1n) is 7.34. The summed E-state index contributed by atoms with van der Waals surface area (Å²) in [7, 11) is 0. The van der Waals surface area contributed by atoms with E-state index in [1.807, 2.05) is 30.3 Å². The number of aryl methyl sites for hydroxylation is 1. The van der Waals surface area contributed by atoms with Crippen molar-refractivity contribution >= 4 is 33.6 Å². The fourth-order valence-electron chi connectivity index (χ4n) is 2.64. The highest BCUT2D eigenvalue weighted by atomic mass is 79.9. The van der Waals surface area contributed by atoms with Crippen LogP contribution in [0.1, 0.15) is 29.5 Å². The van der Waals surface area contributed by atoms with Crippen LogP contribution < -0.4 is 5.32 Å². The van der Waals surface area contributed by atoms with Crippen LogP contribution in [0.2, 0.25) is 0 Å². The molecule has 0 unspecified atom stereocenters. The van der Waals surface area contributed by atoms with Crippen molar-refractivity contribution in [2.45, 2.75) is 19.3 Å². The van der Waals surface area contributed by atoms with E-state index in [0.717, 1.165) is 46.1 Å². The molecule has 0 aromatic heterocycles. The molecule has 0 saturated carbocycles. The third kappa shape index (κ3) is 3.47. The molecule has 0 saturated heterocycles. The second-order valence-corrected chi connectivity index (χ2v) is 6.43. The van der Waals surface area contributed by atoms with Gasteiger partial charge in [-0.3, -0.25) is 4.79 Å². The van der Waals surface area contributed by atoms with Crippen LogP contribution in [-0.2, 0) is 11.2 Å². The summed E-state index contributed by atoms with van der Waals surface area (Å²) in [4.78, 5) is 12.5. The van der Waals surface area contributed by atoms with Gasteiger partial charge in [-0.1, -0.05) is 34.1 Å². The third-order valence-electron chi connectivity index (χ3n) is 3.83. The number of fused-ring (bicyclic) bond motifs is 1. The van der Waals surface area contributed by atoms with Crippen molar-refractivity contribution in [2.24, 2.45) is 0 Å². The van der Waals surface area contributed by atoms with Gasteiger partial charge in [0.2, 0.25) is 0 Å². The van der Waals surface area contributed by atoms with E-state index in [4.69, 9.17) is 0 Å². The molecule has 3 rings (SSSR count). The maximum atomic E-state index is 12.5. The maximum absolute atomic E-state index is 12.5. The second-order valence-electron chi connectivity index (χ2n) is 5.52. The van der Waals surface area contributed by atoms with E-state index in [0.29, 0.717) is 0 Å². The number of benzene rings is 2. The fourth-order valence-corrected chi connectivity index (χ4v) is 3.01. The molecule has 0 aliphatic heterocycles. The van der Waals surface area contributed by atoms with Gasteiger partial charge >= 0.3 is 0 Å². The Bertz CT molecular complexity index is 732. The molecule has 1 radical (unpaired) electrons. The smallest absolute Gasteiger partial charge is 0.251 e. The predicted molar refractivity (Wildman–Crippen MR) is 94.6 cm³/mol. The van der Waals surface area contributed by atoms with Gasteiger partial charge in [0.1, 0.15) is 0 Å². The first kappa shape index (κ1) is 15.0. The number of carbonyl (C=O) groups excluding carboxylic acids is 1. The first-order chi connectivity index (χ1) is 10.6. The normalized spacial score (nSPS) is 13.8. The van der Waals surface area contributed by atoms with Gasteiger partial charge in [0.15, 0.2) is 0 Å². The second kappa shape index (κ2) is 6.49. The summed E-state index contributed by atoms with van der Waals surface area (Å²) < 4.78 is 1.04. The lowest BCUT2D eigenvalue weighted by Crippen LogP contribution is -2.14. The van der Waals surface area contributed by atoms with Gasteiger partial charge in [-0.25, -0.2) is 0 Å². The number of carbonyl (C=O) groups is 1. The van der Waals surface area contributed by atoms with Gasteiger partial charge in [0.05, 0.1) is 0 Å². The molecular formula is C19H17BrNO. The lowest BCUT2D eigenvalue weighted by Gasteiger charge is -2.08. The van der Waals surface area contributed by atoms with Crippen molar-refractivity contribution in [3.05, 3.63) is 76.1 Å². The molecule has 0 bridgehead atoms. The molecule has 2 nitrogen and oxygen atoms in total. The van der Waals surface area contributed by atoms with E-state index in [-0.39, 0.29) is 5.91 Å². The van der Waals surface area contributed by atoms with Gasteiger partial charge in [-0.2, -0.15) is 0 Å². The Morgan fingerprint density at radius 1 is 1.09 bits per heavy atom. The van der Waals surface area contributed by atoms with Crippen LogP contribution in [0.5, 0.6) is 0 Å². The summed E-state index contributed by atoms with van der Waals surface area (Å²) in [5.41, 5.74) is 5.00. The zero-order chi connectivity index (χ0) is 15.5. The van der Waals surface area contributed by atoms with Crippen LogP contribution in [0.15, 0.2) is 52.5 Å². The van der Waals surface area contributed by atoms with Gasteiger partial charge in [0.25, 0.3) is 5.91 Å². The van der Waals surface area contributed by atoms with Crippen LogP contribution in [0, 0.1) is 6.92 Å². The highest BCUT2D eigenvalue weighted by Crippen LogP contribution is 2.26. The molecule has 1 amide bonds. The standard InChI is InChI=1S/C19H17BrNO/c1-13-5-9-18(10-6-13)21-19(22)15-4-2-3-14-7-8-17(20)12-16(14)11-15/h5-12H,1-4H2,(H,21,22). The number of rotatable bonds is 2. The average molecular weight is 355 g/mol. The number of hydrogen-bond acceptors (Lipinski definition) is 1. The molecule has 0 atom stereocenters. The molecule has 0 fully saturated rings. The van der Waals surface area contributed by atoms with E-state index >= 15 is 0 Å². The molecule has 2 aromatic carbocycles. The number of hydrogen-bond donors (Lipinski definition) is 1. The summed E-state index contributed by atoms with van der Waals surface area (Å²) in [5.74, 6) is -0.0235. The number of anilines is 1. The molecule has 1 aliphatic carbocycles. The molecule has 3 heteroatoms. The molecule has 2 aromatic rings. The van der Waals surface area contributed by atoms with Crippen molar-refractivity contribution < 1.29 is 4.79 Å². The highest BCUT2D eigenvalue weighted by molar-refractivity contribution is 9.10. The monoisotopic (exact) mass is 354 g/mol. The first-order valence-corrected chi connectivity index (χ1v) is 8.13. The lowest BCUT2D eigenvalue weighted by atomic mass is 10.0.